The third kappa shape index (κ3) is 12.2. The van der Waals surface area contributed by atoms with Gasteiger partial charge in [-0.05, 0) is 31.9 Å². The van der Waals surface area contributed by atoms with Crippen molar-refractivity contribution >= 4 is 10.1 Å². The van der Waals surface area contributed by atoms with Crippen LogP contribution in [-0.4, -0.2) is 13.9 Å². The second kappa shape index (κ2) is 13.9. The van der Waals surface area contributed by atoms with E-state index in [0.29, 0.717) is 0 Å². The Balaban J connectivity index is 3.93. The van der Waals surface area contributed by atoms with E-state index in [4.69, 9.17) is 0 Å². The van der Waals surface area contributed by atoms with E-state index in [1.54, 1.807) is 6.08 Å². The molecule has 0 aliphatic rings. The lowest BCUT2D eigenvalue weighted by molar-refractivity contribution is -0.0519. The van der Waals surface area contributed by atoms with Gasteiger partial charge in [-0.3, -0.25) is 0 Å². The number of alkyl halides is 3. The molecule has 0 radical (unpaired) electrons. The highest BCUT2D eigenvalue weighted by Gasteiger charge is 2.48. The van der Waals surface area contributed by atoms with Gasteiger partial charge in [-0.2, -0.15) is 21.6 Å². The second-order valence-electron chi connectivity index (χ2n) is 6.08. The SMILES string of the molecule is CC=C(C=CC=CCCCCCCCCCCC)OS(=O)(=O)C(F)(F)F. The van der Waals surface area contributed by atoms with Crippen molar-refractivity contribution in [3.8, 4) is 0 Å². The van der Waals surface area contributed by atoms with Crippen LogP contribution >= 0.6 is 0 Å². The first-order chi connectivity index (χ1) is 12.2. The van der Waals surface area contributed by atoms with Crippen LogP contribution in [0.3, 0.4) is 0 Å². The number of hydrogen-bond acceptors (Lipinski definition) is 3. The molecule has 0 unspecified atom stereocenters. The Kier molecular flexibility index (Phi) is 13.2. The van der Waals surface area contributed by atoms with Gasteiger partial charge in [0.1, 0.15) is 5.76 Å². The molecule has 0 heterocycles. The van der Waals surface area contributed by atoms with Crippen LogP contribution in [0.15, 0.2) is 36.1 Å². The molecule has 0 aliphatic carbocycles. The summed E-state index contributed by atoms with van der Waals surface area (Å²) in [5, 5.41) is 0. The summed E-state index contributed by atoms with van der Waals surface area (Å²) in [6.07, 6.45) is 19.5. The molecular formula is C19H31F3O3S. The minimum absolute atomic E-state index is 0.366. The van der Waals surface area contributed by atoms with Gasteiger partial charge >= 0.3 is 15.6 Å². The van der Waals surface area contributed by atoms with E-state index >= 15 is 0 Å². The highest BCUT2D eigenvalue weighted by Crippen LogP contribution is 2.26. The lowest BCUT2D eigenvalue weighted by atomic mass is 10.1. The van der Waals surface area contributed by atoms with Crippen molar-refractivity contribution < 1.29 is 25.8 Å². The number of hydrogen-bond donors (Lipinski definition) is 0. The molecule has 0 bridgehead atoms. The van der Waals surface area contributed by atoms with E-state index in [9.17, 15) is 21.6 Å². The summed E-state index contributed by atoms with van der Waals surface area (Å²) < 4.78 is 62.6. The molecule has 26 heavy (non-hydrogen) atoms. The predicted molar refractivity (Wildman–Crippen MR) is 99.9 cm³/mol. The van der Waals surface area contributed by atoms with Crippen LogP contribution < -0.4 is 0 Å². The quantitative estimate of drug-likeness (QED) is 0.107. The largest absolute Gasteiger partial charge is 0.534 e. The van der Waals surface area contributed by atoms with E-state index in [-0.39, 0.29) is 5.76 Å². The van der Waals surface area contributed by atoms with E-state index < -0.39 is 15.6 Å². The molecule has 152 valence electrons. The highest BCUT2D eigenvalue weighted by atomic mass is 32.2. The fourth-order valence-electron chi connectivity index (χ4n) is 2.24. The Morgan fingerprint density at radius 2 is 1.46 bits per heavy atom. The van der Waals surface area contributed by atoms with Crippen LogP contribution in [-0.2, 0) is 14.3 Å². The van der Waals surface area contributed by atoms with Crippen LogP contribution in [0.1, 0.15) is 78.1 Å². The first kappa shape index (κ1) is 24.8. The zero-order chi connectivity index (χ0) is 19.9. The van der Waals surface area contributed by atoms with Crippen molar-refractivity contribution in [1.29, 1.82) is 0 Å². The van der Waals surface area contributed by atoms with Crippen LogP contribution in [0.2, 0.25) is 0 Å². The molecule has 0 N–H and O–H groups in total. The third-order valence-electron chi connectivity index (χ3n) is 3.76. The zero-order valence-electron chi connectivity index (χ0n) is 15.7. The Bertz CT molecular complexity index is 547. The molecule has 0 rings (SSSR count). The van der Waals surface area contributed by atoms with Gasteiger partial charge in [0.05, 0.1) is 0 Å². The topological polar surface area (TPSA) is 43.4 Å². The summed E-state index contributed by atoms with van der Waals surface area (Å²) in [5.41, 5.74) is -5.43. The van der Waals surface area contributed by atoms with Gasteiger partial charge in [0, 0.05) is 0 Å². The first-order valence-electron chi connectivity index (χ1n) is 9.25. The van der Waals surface area contributed by atoms with Crippen LogP contribution in [0.25, 0.3) is 0 Å². The normalized spacial score (nSPS) is 13.8. The highest BCUT2D eigenvalue weighted by molar-refractivity contribution is 7.87. The van der Waals surface area contributed by atoms with E-state index in [1.165, 1.54) is 64.0 Å². The van der Waals surface area contributed by atoms with E-state index in [1.807, 2.05) is 6.08 Å². The molecule has 3 nitrogen and oxygen atoms in total. The second-order valence-corrected chi connectivity index (χ2v) is 7.62. The number of halogens is 3. The van der Waals surface area contributed by atoms with Gasteiger partial charge in [0.15, 0.2) is 0 Å². The van der Waals surface area contributed by atoms with Crippen LogP contribution in [0, 0.1) is 0 Å². The Morgan fingerprint density at radius 1 is 0.923 bits per heavy atom. The molecule has 0 saturated carbocycles. The molecule has 0 fully saturated rings. The number of rotatable bonds is 14. The van der Waals surface area contributed by atoms with Crippen molar-refractivity contribution in [2.75, 3.05) is 0 Å². The average molecular weight is 397 g/mol. The Hall–Kier alpha value is -1.24. The van der Waals surface area contributed by atoms with Gasteiger partial charge in [0.2, 0.25) is 0 Å². The van der Waals surface area contributed by atoms with Gasteiger partial charge in [-0.1, -0.05) is 76.5 Å². The maximum absolute atomic E-state index is 12.2. The molecule has 0 spiro atoms. The van der Waals surface area contributed by atoms with Crippen molar-refractivity contribution in [3.63, 3.8) is 0 Å². The molecule has 0 saturated heterocycles. The number of unbranched alkanes of at least 4 members (excludes halogenated alkanes) is 9. The van der Waals surface area contributed by atoms with Crippen molar-refractivity contribution in [2.24, 2.45) is 0 Å². The molecule has 0 amide bonds. The monoisotopic (exact) mass is 396 g/mol. The Labute approximate surface area is 156 Å². The molecule has 7 heteroatoms. The summed E-state index contributed by atoms with van der Waals surface area (Å²) in [5.74, 6) is -0.366. The van der Waals surface area contributed by atoms with Crippen LogP contribution in [0.4, 0.5) is 13.2 Å². The average Bonchev–Trinajstić information content (AvgIpc) is 2.56. The Morgan fingerprint density at radius 3 is 1.96 bits per heavy atom. The molecule has 0 atom stereocenters. The van der Waals surface area contributed by atoms with Gasteiger partial charge < -0.3 is 4.18 Å². The summed E-state index contributed by atoms with van der Waals surface area (Å²) in [4.78, 5) is 0. The van der Waals surface area contributed by atoms with Crippen molar-refractivity contribution in [2.45, 2.75) is 83.6 Å². The zero-order valence-corrected chi connectivity index (χ0v) is 16.5. The van der Waals surface area contributed by atoms with Crippen molar-refractivity contribution in [3.05, 3.63) is 36.1 Å². The van der Waals surface area contributed by atoms with Crippen LogP contribution in [0.5, 0.6) is 0 Å². The maximum atomic E-state index is 12.2. The summed E-state index contributed by atoms with van der Waals surface area (Å²) in [7, 11) is -5.62. The van der Waals surface area contributed by atoms with Crippen molar-refractivity contribution in [1.82, 2.24) is 0 Å². The molecular weight excluding hydrogens is 365 g/mol. The lowest BCUT2D eigenvalue weighted by Gasteiger charge is -2.09. The molecule has 0 aromatic heterocycles. The minimum Gasteiger partial charge on any atom is -0.376 e. The fourth-order valence-corrected chi connectivity index (χ4v) is 2.74. The minimum atomic E-state index is -5.62. The standard InChI is InChI=1S/C19H31F3O3S/c1-3-5-6-7-8-9-10-11-12-13-14-15-16-17-18(4-2)25-26(23,24)19(20,21)22/h4,14-17H,3,5-13H2,1-2H3. The first-order valence-corrected chi connectivity index (χ1v) is 10.7. The molecule has 0 aromatic rings. The summed E-state index contributed by atoms with van der Waals surface area (Å²) in [6, 6.07) is 0. The molecule has 0 aromatic carbocycles. The smallest absolute Gasteiger partial charge is 0.376 e. The maximum Gasteiger partial charge on any atom is 0.534 e. The summed E-state index contributed by atoms with van der Waals surface area (Å²) in [6.45, 7) is 3.61. The van der Waals surface area contributed by atoms with E-state index in [0.717, 1.165) is 25.3 Å². The summed E-state index contributed by atoms with van der Waals surface area (Å²) >= 11 is 0. The van der Waals surface area contributed by atoms with Gasteiger partial charge in [0.25, 0.3) is 0 Å². The van der Waals surface area contributed by atoms with E-state index in [2.05, 4.69) is 11.1 Å². The number of allylic oxidation sites excluding steroid dienone is 5. The van der Waals surface area contributed by atoms with Gasteiger partial charge in [-0.15, -0.1) is 0 Å². The third-order valence-corrected chi connectivity index (χ3v) is 4.73. The lowest BCUT2D eigenvalue weighted by Crippen LogP contribution is -2.25. The predicted octanol–water partition coefficient (Wildman–Crippen LogP) is 6.79. The van der Waals surface area contributed by atoms with Gasteiger partial charge in [-0.25, -0.2) is 0 Å². The fraction of sp³-hybridized carbons (Fsp3) is 0.684. The molecule has 0 aliphatic heterocycles.